The van der Waals surface area contributed by atoms with Crippen molar-refractivity contribution in [3.63, 3.8) is 0 Å². The van der Waals surface area contributed by atoms with E-state index < -0.39 is 23.9 Å². The Morgan fingerprint density at radius 3 is 2.81 bits per heavy atom. The first-order valence-corrected chi connectivity index (χ1v) is 7.06. The number of carbonyl (C=O) groups excluding carboxylic acids is 1. The van der Waals surface area contributed by atoms with Gasteiger partial charge in [0.1, 0.15) is 11.9 Å². The largest absolute Gasteiger partial charge is 0.480 e. The van der Waals surface area contributed by atoms with Gasteiger partial charge in [-0.1, -0.05) is 18.9 Å². The first kappa shape index (κ1) is 15.3. The van der Waals surface area contributed by atoms with Gasteiger partial charge in [-0.25, -0.2) is 14.0 Å². The maximum absolute atomic E-state index is 13.5. The van der Waals surface area contributed by atoms with Crippen molar-refractivity contribution in [1.82, 2.24) is 4.90 Å². The molecule has 0 spiro atoms. The van der Waals surface area contributed by atoms with E-state index in [0.29, 0.717) is 24.2 Å². The number of carbonyl (C=O) groups is 2. The number of hydrogen-bond donors (Lipinski definition) is 2. The summed E-state index contributed by atoms with van der Waals surface area (Å²) >= 11 is 0. The lowest BCUT2D eigenvalue weighted by Gasteiger charge is -2.27. The molecule has 6 heteroatoms. The molecule has 1 aromatic carbocycles. The number of nitrogens with one attached hydrogen (secondary N) is 1. The molecule has 0 saturated carbocycles. The quantitative estimate of drug-likeness (QED) is 0.881. The third kappa shape index (κ3) is 3.51. The Hall–Kier alpha value is -2.11. The van der Waals surface area contributed by atoms with Crippen LogP contribution in [0.5, 0.6) is 0 Å². The van der Waals surface area contributed by atoms with Crippen LogP contribution in [0.25, 0.3) is 0 Å². The zero-order chi connectivity index (χ0) is 15.4. The van der Waals surface area contributed by atoms with Crippen LogP contribution in [0, 0.1) is 12.7 Å². The Morgan fingerprint density at radius 2 is 2.10 bits per heavy atom. The summed E-state index contributed by atoms with van der Waals surface area (Å²) < 4.78 is 13.5. The van der Waals surface area contributed by atoms with E-state index in [0.717, 1.165) is 19.3 Å². The normalized spacial score (nSPS) is 19.0. The number of aliphatic carboxylic acids is 1. The Labute approximate surface area is 122 Å². The predicted molar refractivity (Wildman–Crippen MR) is 76.8 cm³/mol. The lowest BCUT2D eigenvalue weighted by molar-refractivity contribution is -0.142. The number of rotatable bonds is 2. The number of hydrogen-bond acceptors (Lipinski definition) is 2. The second kappa shape index (κ2) is 6.56. The van der Waals surface area contributed by atoms with Crippen LogP contribution in [-0.2, 0) is 4.79 Å². The van der Waals surface area contributed by atoms with E-state index >= 15 is 0 Å². The molecule has 1 atom stereocenters. The summed E-state index contributed by atoms with van der Waals surface area (Å²) in [7, 11) is 0. The molecule has 2 N–H and O–H groups in total. The van der Waals surface area contributed by atoms with Gasteiger partial charge in [-0.05, 0) is 31.9 Å². The van der Waals surface area contributed by atoms with Gasteiger partial charge in [0.05, 0.1) is 0 Å². The number of anilines is 1. The molecule has 1 aliphatic rings. The second-order valence-electron chi connectivity index (χ2n) is 5.24. The molecular formula is C15H19FN2O3. The van der Waals surface area contributed by atoms with Crippen molar-refractivity contribution in [3.8, 4) is 0 Å². The van der Waals surface area contributed by atoms with E-state index in [-0.39, 0.29) is 0 Å². The van der Waals surface area contributed by atoms with E-state index in [9.17, 15) is 19.1 Å². The second-order valence-corrected chi connectivity index (χ2v) is 5.24. The predicted octanol–water partition coefficient (Wildman–Crippen LogP) is 3.00. The minimum atomic E-state index is -0.997. The number of carboxylic acid groups (broad SMARTS) is 1. The molecule has 0 aliphatic carbocycles. The number of carboxylic acids is 1. The van der Waals surface area contributed by atoms with Crippen molar-refractivity contribution in [2.24, 2.45) is 0 Å². The Bertz CT molecular complexity index is 548. The van der Waals surface area contributed by atoms with Gasteiger partial charge in [0.25, 0.3) is 0 Å². The lowest BCUT2D eigenvalue weighted by Crippen LogP contribution is -2.46. The zero-order valence-corrected chi connectivity index (χ0v) is 11.9. The highest BCUT2D eigenvalue weighted by Crippen LogP contribution is 2.21. The molecule has 5 nitrogen and oxygen atoms in total. The molecule has 1 unspecified atom stereocenters. The highest BCUT2D eigenvalue weighted by atomic mass is 19.1. The van der Waals surface area contributed by atoms with Gasteiger partial charge in [0.2, 0.25) is 0 Å². The topological polar surface area (TPSA) is 69.6 Å². The number of benzene rings is 1. The highest BCUT2D eigenvalue weighted by Gasteiger charge is 2.30. The summed E-state index contributed by atoms with van der Waals surface area (Å²) in [5.41, 5.74) is 0.709. The van der Waals surface area contributed by atoms with Gasteiger partial charge < -0.3 is 15.3 Å². The minimum Gasteiger partial charge on any atom is -0.480 e. The molecular weight excluding hydrogens is 275 g/mol. The van der Waals surface area contributed by atoms with Gasteiger partial charge in [0.15, 0.2) is 0 Å². The van der Waals surface area contributed by atoms with Crippen LogP contribution in [0.3, 0.4) is 0 Å². The van der Waals surface area contributed by atoms with Crippen LogP contribution in [0.4, 0.5) is 14.9 Å². The fourth-order valence-electron chi connectivity index (χ4n) is 2.54. The molecule has 1 aliphatic heterocycles. The van der Waals surface area contributed by atoms with Crippen LogP contribution in [0.2, 0.25) is 0 Å². The van der Waals surface area contributed by atoms with Crippen LogP contribution < -0.4 is 5.32 Å². The number of amides is 2. The number of urea groups is 1. The van der Waals surface area contributed by atoms with Crippen LogP contribution in [-0.4, -0.2) is 34.6 Å². The van der Waals surface area contributed by atoms with Crippen molar-refractivity contribution < 1.29 is 19.1 Å². The van der Waals surface area contributed by atoms with E-state index in [1.54, 1.807) is 13.0 Å². The fourth-order valence-corrected chi connectivity index (χ4v) is 2.54. The number of likely N-dealkylation sites (tertiary alicyclic amines) is 1. The van der Waals surface area contributed by atoms with Crippen molar-refractivity contribution in [1.29, 1.82) is 0 Å². The van der Waals surface area contributed by atoms with Crippen molar-refractivity contribution in [2.45, 2.75) is 38.6 Å². The summed E-state index contributed by atoms with van der Waals surface area (Å²) in [5.74, 6) is -1.40. The maximum atomic E-state index is 13.5. The zero-order valence-electron chi connectivity index (χ0n) is 11.9. The molecule has 114 valence electrons. The van der Waals surface area contributed by atoms with Crippen molar-refractivity contribution in [2.75, 3.05) is 11.9 Å². The van der Waals surface area contributed by atoms with E-state index in [4.69, 9.17) is 0 Å². The van der Waals surface area contributed by atoms with Crippen LogP contribution in [0.1, 0.15) is 31.2 Å². The molecule has 2 amide bonds. The summed E-state index contributed by atoms with van der Waals surface area (Å²) in [5, 5.41) is 11.9. The summed E-state index contributed by atoms with van der Waals surface area (Å²) in [6.07, 6.45) is 2.93. The van der Waals surface area contributed by atoms with Crippen molar-refractivity contribution in [3.05, 3.63) is 29.6 Å². The van der Waals surface area contributed by atoms with Crippen molar-refractivity contribution >= 4 is 17.7 Å². The molecule has 1 fully saturated rings. The molecule has 21 heavy (non-hydrogen) atoms. The molecule has 1 aromatic rings. The lowest BCUT2D eigenvalue weighted by atomic mass is 10.1. The minimum absolute atomic E-state index is 0.340. The average Bonchev–Trinajstić information content (AvgIpc) is 2.69. The number of halogens is 1. The van der Waals surface area contributed by atoms with Gasteiger partial charge in [-0.2, -0.15) is 0 Å². The third-order valence-corrected chi connectivity index (χ3v) is 3.81. The fraction of sp³-hybridized carbons (Fsp3) is 0.467. The molecule has 1 saturated heterocycles. The maximum Gasteiger partial charge on any atom is 0.326 e. The van der Waals surface area contributed by atoms with Gasteiger partial charge in [0, 0.05) is 17.8 Å². The summed E-state index contributed by atoms with van der Waals surface area (Å²) in [4.78, 5) is 25.0. The number of nitrogens with zero attached hydrogens (tertiary/aromatic N) is 1. The Morgan fingerprint density at radius 1 is 1.33 bits per heavy atom. The third-order valence-electron chi connectivity index (χ3n) is 3.81. The van der Waals surface area contributed by atoms with Gasteiger partial charge >= 0.3 is 12.0 Å². The Kier molecular flexibility index (Phi) is 4.77. The van der Waals surface area contributed by atoms with Gasteiger partial charge in [-0.3, -0.25) is 0 Å². The van der Waals surface area contributed by atoms with E-state index in [2.05, 4.69) is 5.32 Å². The van der Waals surface area contributed by atoms with Crippen LogP contribution >= 0.6 is 0 Å². The molecule has 0 radical (unpaired) electrons. The Balaban J connectivity index is 2.17. The average molecular weight is 294 g/mol. The smallest absolute Gasteiger partial charge is 0.326 e. The van der Waals surface area contributed by atoms with E-state index in [1.807, 2.05) is 0 Å². The first-order valence-electron chi connectivity index (χ1n) is 7.06. The summed E-state index contributed by atoms with van der Waals surface area (Å²) in [6.45, 7) is 1.97. The van der Waals surface area contributed by atoms with E-state index in [1.165, 1.54) is 17.0 Å². The first-order chi connectivity index (χ1) is 10.0. The van der Waals surface area contributed by atoms with Crippen LogP contribution in [0.15, 0.2) is 18.2 Å². The highest BCUT2D eigenvalue weighted by molar-refractivity contribution is 5.93. The molecule has 0 bridgehead atoms. The molecule has 1 heterocycles. The molecule has 2 rings (SSSR count). The van der Waals surface area contributed by atoms with Gasteiger partial charge in [-0.15, -0.1) is 0 Å². The SMILES string of the molecule is Cc1c(F)cccc1NC(=O)N1CCCCCC1C(=O)O. The standard InChI is InChI=1S/C15H19FN2O3/c1-10-11(16)6-5-7-12(10)17-15(21)18-9-4-2-3-8-13(18)14(19)20/h5-7,13H,2-4,8-9H2,1H3,(H,17,21)(H,19,20). The summed E-state index contributed by atoms with van der Waals surface area (Å²) in [6, 6.07) is 3.12. The monoisotopic (exact) mass is 294 g/mol. The molecule has 0 aromatic heterocycles.